The molecule has 1 aliphatic heterocycles. The SMILES string of the molecule is N=S1(=O)c2ccccc2-c2ccccc21. The quantitative estimate of drug-likeness (QED) is 0.615. The number of hydrogen-bond donors (Lipinski definition) is 1. The van der Waals surface area contributed by atoms with E-state index in [1.165, 1.54) is 0 Å². The third-order valence-electron chi connectivity index (χ3n) is 2.68. The molecule has 1 aliphatic rings. The zero-order chi connectivity index (χ0) is 10.5. The van der Waals surface area contributed by atoms with Gasteiger partial charge in [0.05, 0.1) is 9.79 Å². The van der Waals surface area contributed by atoms with Crippen molar-refractivity contribution < 1.29 is 4.21 Å². The molecule has 0 radical (unpaired) electrons. The Morgan fingerprint density at radius 1 is 0.800 bits per heavy atom. The summed E-state index contributed by atoms with van der Waals surface area (Å²) in [7, 11) is -2.76. The van der Waals surface area contributed by atoms with Gasteiger partial charge < -0.3 is 0 Å². The lowest BCUT2D eigenvalue weighted by molar-refractivity contribution is 0.676. The van der Waals surface area contributed by atoms with Gasteiger partial charge in [-0.25, -0.2) is 8.99 Å². The highest BCUT2D eigenvalue weighted by atomic mass is 32.2. The lowest BCUT2D eigenvalue weighted by atomic mass is 10.1. The Morgan fingerprint density at radius 3 is 1.67 bits per heavy atom. The van der Waals surface area contributed by atoms with Crippen molar-refractivity contribution in [2.45, 2.75) is 9.79 Å². The van der Waals surface area contributed by atoms with Crippen molar-refractivity contribution in [1.29, 1.82) is 4.78 Å². The van der Waals surface area contributed by atoms with E-state index in [4.69, 9.17) is 4.78 Å². The van der Waals surface area contributed by atoms with Crippen molar-refractivity contribution in [2.75, 3.05) is 0 Å². The predicted molar refractivity (Wildman–Crippen MR) is 59.3 cm³/mol. The third kappa shape index (κ3) is 1.01. The van der Waals surface area contributed by atoms with Crippen LogP contribution in [0.3, 0.4) is 0 Å². The van der Waals surface area contributed by atoms with E-state index in [0.717, 1.165) is 11.1 Å². The molecule has 2 nitrogen and oxygen atoms in total. The van der Waals surface area contributed by atoms with Crippen molar-refractivity contribution in [3.05, 3.63) is 48.5 Å². The van der Waals surface area contributed by atoms with Gasteiger partial charge in [0.2, 0.25) is 0 Å². The molecule has 0 unspecified atom stereocenters. The van der Waals surface area contributed by atoms with Crippen LogP contribution in [0.1, 0.15) is 0 Å². The van der Waals surface area contributed by atoms with Crippen LogP contribution in [-0.4, -0.2) is 4.21 Å². The first-order valence-electron chi connectivity index (χ1n) is 4.68. The van der Waals surface area contributed by atoms with Gasteiger partial charge >= 0.3 is 0 Å². The van der Waals surface area contributed by atoms with Crippen molar-refractivity contribution in [2.24, 2.45) is 0 Å². The molecule has 3 rings (SSSR count). The summed E-state index contributed by atoms with van der Waals surface area (Å²) < 4.78 is 20.3. The average Bonchev–Trinajstić information content (AvgIpc) is 2.51. The minimum Gasteiger partial charge on any atom is -0.245 e. The van der Waals surface area contributed by atoms with E-state index in [0.29, 0.717) is 9.79 Å². The minimum atomic E-state index is -2.76. The maximum Gasteiger partial charge on any atom is 0.102 e. The van der Waals surface area contributed by atoms with Crippen LogP contribution in [-0.2, 0) is 9.73 Å². The highest BCUT2D eigenvalue weighted by molar-refractivity contribution is 7.93. The third-order valence-corrected chi connectivity index (χ3v) is 4.63. The van der Waals surface area contributed by atoms with Crippen LogP contribution in [0.25, 0.3) is 11.1 Å². The maximum atomic E-state index is 12.3. The normalized spacial score (nSPS) is 15.7. The van der Waals surface area contributed by atoms with E-state index in [1.807, 2.05) is 36.4 Å². The molecule has 0 amide bonds. The molecule has 2 aromatic carbocycles. The van der Waals surface area contributed by atoms with Crippen molar-refractivity contribution in [1.82, 2.24) is 0 Å². The van der Waals surface area contributed by atoms with E-state index in [9.17, 15) is 4.21 Å². The fourth-order valence-corrected chi connectivity index (χ4v) is 3.75. The average molecular weight is 215 g/mol. The van der Waals surface area contributed by atoms with E-state index in [-0.39, 0.29) is 0 Å². The Morgan fingerprint density at radius 2 is 1.20 bits per heavy atom. The first kappa shape index (κ1) is 8.68. The first-order valence-corrected chi connectivity index (χ1v) is 6.24. The second-order valence-electron chi connectivity index (χ2n) is 3.55. The van der Waals surface area contributed by atoms with E-state index >= 15 is 0 Å². The molecule has 2 aromatic rings. The molecule has 0 bridgehead atoms. The van der Waals surface area contributed by atoms with E-state index in [1.54, 1.807) is 12.1 Å². The molecule has 1 heterocycles. The van der Waals surface area contributed by atoms with Crippen LogP contribution in [0, 0.1) is 4.78 Å². The number of fused-ring (bicyclic) bond motifs is 3. The molecular weight excluding hydrogens is 206 g/mol. The van der Waals surface area contributed by atoms with Gasteiger partial charge in [0.15, 0.2) is 0 Å². The second kappa shape index (κ2) is 2.70. The molecule has 0 atom stereocenters. The summed E-state index contributed by atoms with van der Waals surface area (Å²) in [5, 5.41) is 0. The minimum absolute atomic E-state index is 0.645. The number of benzene rings is 2. The lowest BCUT2D eigenvalue weighted by Crippen LogP contribution is -1.93. The standard InChI is InChI=1S/C12H9NOS/c13-15(14)11-7-3-1-5-9(11)10-6-2-4-8-12(10)15/h1-8,13H. The Kier molecular flexibility index (Phi) is 1.56. The summed E-state index contributed by atoms with van der Waals surface area (Å²) in [5.74, 6) is 0. The lowest BCUT2D eigenvalue weighted by Gasteiger charge is -1.99. The first-order chi connectivity index (χ1) is 7.21. The predicted octanol–water partition coefficient (Wildman–Crippen LogP) is 3.13. The topological polar surface area (TPSA) is 40.9 Å². The molecule has 0 fully saturated rings. The van der Waals surface area contributed by atoms with Crippen molar-refractivity contribution in [3.63, 3.8) is 0 Å². The van der Waals surface area contributed by atoms with Crippen molar-refractivity contribution >= 4 is 9.73 Å². The van der Waals surface area contributed by atoms with Crippen LogP contribution in [0.15, 0.2) is 58.3 Å². The Hall–Kier alpha value is -1.61. The summed E-state index contributed by atoms with van der Waals surface area (Å²) in [4.78, 5) is 1.29. The molecule has 15 heavy (non-hydrogen) atoms. The summed E-state index contributed by atoms with van der Waals surface area (Å²) in [5.41, 5.74) is 1.88. The maximum absolute atomic E-state index is 12.3. The number of rotatable bonds is 0. The van der Waals surface area contributed by atoms with Crippen LogP contribution in [0.2, 0.25) is 0 Å². The molecule has 3 heteroatoms. The molecule has 0 aromatic heterocycles. The highest BCUT2D eigenvalue weighted by Gasteiger charge is 2.28. The van der Waals surface area contributed by atoms with E-state index < -0.39 is 9.73 Å². The summed E-state index contributed by atoms with van der Waals surface area (Å²) in [6.45, 7) is 0. The molecular formula is C12H9NOS. The number of hydrogen-bond acceptors (Lipinski definition) is 2. The zero-order valence-corrected chi connectivity index (χ0v) is 8.75. The summed E-state index contributed by atoms with van der Waals surface area (Å²) in [6, 6.07) is 14.9. The fraction of sp³-hybridized carbons (Fsp3) is 0. The summed E-state index contributed by atoms with van der Waals surface area (Å²) in [6.07, 6.45) is 0. The van der Waals surface area contributed by atoms with Crippen LogP contribution < -0.4 is 0 Å². The van der Waals surface area contributed by atoms with Gasteiger partial charge in [-0.05, 0) is 12.1 Å². The van der Waals surface area contributed by atoms with Gasteiger partial charge in [-0.1, -0.05) is 36.4 Å². The van der Waals surface area contributed by atoms with Gasteiger partial charge in [0.1, 0.15) is 9.73 Å². The van der Waals surface area contributed by atoms with Crippen LogP contribution in [0.5, 0.6) is 0 Å². The molecule has 74 valence electrons. The fourth-order valence-electron chi connectivity index (χ4n) is 2.00. The molecule has 0 saturated carbocycles. The molecule has 0 saturated heterocycles. The highest BCUT2D eigenvalue weighted by Crippen LogP contribution is 2.42. The number of nitrogens with one attached hydrogen (secondary N) is 1. The van der Waals surface area contributed by atoms with Crippen LogP contribution >= 0.6 is 0 Å². The zero-order valence-electron chi connectivity index (χ0n) is 7.94. The van der Waals surface area contributed by atoms with Gasteiger partial charge in [0.25, 0.3) is 0 Å². The van der Waals surface area contributed by atoms with Crippen LogP contribution in [0.4, 0.5) is 0 Å². The van der Waals surface area contributed by atoms with Gasteiger partial charge in [-0.2, -0.15) is 0 Å². The Labute approximate surface area is 88.6 Å². The Balaban J connectivity index is 2.53. The smallest absolute Gasteiger partial charge is 0.102 e. The monoisotopic (exact) mass is 215 g/mol. The second-order valence-corrected chi connectivity index (χ2v) is 5.54. The summed E-state index contributed by atoms with van der Waals surface area (Å²) >= 11 is 0. The molecule has 1 N–H and O–H groups in total. The van der Waals surface area contributed by atoms with E-state index in [2.05, 4.69) is 0 Å². The molecule has 0 aliphatic carbocycles. The van der Waals surface area contributed by atoms with Gasteiger partial charge in [-0.3, -0.25) is 0 Å². The van der Waals surface area contributed by atoms with Gasteiger partial charge in [0, 0.05) is 11.1 Å². The van der Waals surface area contributed by atoms with Crippen molar-refractivity contribution in [3.8, 4) is 11.1 Å². The van der Waals surface area contributed by atoms with Gasteiger partial charge in [-0.15, -0.1) is 0 Å². The molecule has 0 spiro atoms. The Bertz CT molecular complexity index is 593. The largest absolute Gasteiger partial charge is 0.245 e.